The molecule has 4 heteroatoms. The van der Waals surface area contributed by atoms with Crippen LogP contribution in [0.5, 0.6) is 0 Å². The Kier molecular flexibility index (Phi) is 5.83. The van der Waals surface area contributed by atoms with E-state index >= 15 is 0 Å². The van der Waals surface area contributed by atoms with Crippen molar-refractivity contribution in [1.29, 1.82) is 0 Å². The summed E-state index contributed by atoms with van der Waals surface area (Å²) in [5.74, 6) is -0.198. The first-order chi connectivity index (χ1) is 9.07. The Morgan fingerprint density at radius 3 is 2.37 bits per heavy atom. The van der Waals surface area contributed by atoms with Gasteiger partial charge in [-0.3, -0.25) is 4.79 Å². The largest absolute Gasteiger partial charge is 0.466 e. The molecule has 0 saturated carbocycles. The molecule has 0 spiro atoms. The highest BCUT2D eigenvalue weighted by Crippen LogP contribution is 2.30. The van der Waals surface area contributed by atoms with Gasteiger partial charge in [-0.25, -0.2) is 0 Å². The lowest BCUT2D eigenvalue weighted by Gasteiger charge is -2.30. The Morgan fingerprint density at radius 1 is 1.26 bits per heavy atom. The second kappa shape index (κ2) is 7.14. The Bertz CT molecular complexity index is 403. The molecule has 106 valence electrons. The van der Waals surface area contributed by atoms with E-state index in [2.05, 4.69) is 0 Å². The molecule has 0 aliphatic rings. The van der Waals surface area contributed by atoms with E-state index in [4.69, 9.17) is 16.2 Å². The third kappa shape index (κ3) is 3.96. The monoisotopic (exact) mass is 264 g/mol. The number of carbonyl (C=O) groups is 1. The fourth-order valence-corrected chi connectivity index (χ4v) is 2.31. The molecule has 0 aliphatic carbocycles. The van der Waals surface area contributed by atoms with Crippen LogP contribution >= 0.6 is 0 Å². The summed E-state index contributed by atoms with van der Waals surface area (Å²) in [6.45, 7) is 4.54. The topological polar surface area (TPSA) is 78.3 Å². The molecule has 0 bridgehead atoms. The van der Waals surface area contributed by atoms with E-state index in [0.717, 1.165) is 18.4 Å². The predicted octanol–water partition coefficient (Wildman–Crippen LogP) is 2.12. The number of rotatable bonds is 7. The van der Waals surface area contributed by atoms with Gasteiger partial charge in [0.1, 0.15) is 0 Å². The van der Waals surface area contributed by atoms with E-state index in [1.807, 2.05) is 38.1 Å². The quantitative estimate of drug-likeness (QED) is 0.584. The normalized spacial score (nSPS) is 13.8. The summed E-state index contributed by atoms with van der Waals surface area (Å²) < 4.78 is 5.20. The van der Waals surface area contributed by atoms with Crippen LogP contribution in [-0.2, 0) is 16.0 Å². The van der Waals surface area contributed by atoms with Crippen molar-refractivity contribution >= 4 is 11.7 Å². The summed E-state index contributed by atoms with van der Waals surface area (Å²) in [6.07, 6.45) is 2.22. The Hall–Kier alpha value is -1.55. The second-order valence-corrected chi connectivity index (χ2v) is 4.87. The van der Waals surface area contributed by atoms with Crippen molar-refractivity contribution in [2.45, 2.75) is 33.1 Å². The van der Waals surface area contributed by atoms with Crippen molar-refractivity contribution < 1.29 is 9.53 Å². The fraction of sp³-hybridized carbons (Fsp3) is 0.533. The maximum atomic E-state index is 12.2. The number of benzene rings is 1. The molecule has 1 aromatic rings. The fourth-order valence-electron chi connectivity index (χ4n) is 2.31. The zero-order valence-corrected chi connectivity index (χ0v) is 11.8. The first-order valence-electron chi connectivity index (χ1n) is 6.79. The van der Waals surface area contributed by atoms with Crippen LogP contribution in [0.25, 0.3) is 0 Å². The molecular weight excluding hydrogens is 240 g/mol. The highest BCUT2D eigenvalue weighted by molar-refractivity contribution is 5.77. The summed E-state index contributed by atoms with van der Waals surface area (Å²) in [5.41, 5.74) is 12.7. The maximum absolute atomic E-state index is 12.2. The minimum absolute atomic E-state index is 0.198. The predicted molar refractivity (Wildman–Crippen MR) is 77.6 cm³/mol. The second-order valence-electron chi connectivity index (χ2n) is 4.87. The summed E-state index contributed by atoms with van der Waals surface area (Å²) >= 11 is 0. The average Bonchev–Trinajstić information content (AvgIpc) is 2.41. The van der Waals surface area contributed by atoms with Gasteiger partial charge in [-0.15, -0.1) is 0 Å². The smallest absolute Gasteiger partial charge is 0.313 e. The van der Waals surface area contributed by atoms with Gasteiger partial charge in [0.25, 0.3) is 0 Å². The van der Waals surface area contributed by atoms with Crippen molar-refractivity contribution in [3.63, 3.8) is 0 Å². The van der Waals surface area contributed by atoms with Gasteiger partial charge in [0, 0.05) is 12.2 Å². The molecule has 0 radical (unpaired) electrons. The molecule has 4 N–H and O–H groups in total. The van der Waals surface area contributed by atoms with Gasteiger partial charge in [-0.1, -0.05) is 25.5 Å². The van der Waals surface area contributed by atoms with Crippen LogP contribution in [0.2, 0.25) is 0 Å². The van der Waals surface area contributed by atoms with E-state index in [1.165, 1.54) is 0 Å². The Labute approximate surface area is 115 Å². The summed E-state index contributed by atoms with van der Waals surface area (Å²) in [6, 6.07) is 7.56. The number of hydrogen-bond donors (Lipinski definition) is 2. The number of nitrogen functional groups attached to an aromatic ring is 1. The number of anilines is 1. The molecule has 4 nitrogen and oxygen atoms in total. The molecule has 1 atom stereocenters. The number of ether oxygens (including phenoxy) is 1. The zero-order chi connectivity index (χ0) is 14.3. The first kappa shape index (κ1) is 15.5. The summed E-state index contributed by atoms with van der Waals surface area (Å²) in [4.78, 5) is 12.2. The number of carbonyl (C=O) groups excluding carboxylic acids is 1. The van der Waals surface area contributed by atoms with Gasteiger partial charge in [-0.05, 0) is 37.5 Å². The van der Waals surface area contributed by atoms with E-state index in [-0.39, 0.29) is 5.97 Å². The van der Waals surface area contributed by atoms with Crippen molar-refractivity contribution in [2.75, 3.05) is 18.9 Å². The molecule has 0 aliphatic heterocycles. The number of hydrogen-bond acceptors (Lipinski definition) is 4. The van der Waals surface area contributed by atoms with Crippen LogP contribution < -0.4 is 11.5 Å². The van der Waals surface area contributed by atoms with Gasteiger partial charge in [0.2, 0.25) is 0 Å². The number of esters is 1. The summed E-state index contributed by atoms with van der Waals surface area (Å²) in [5, 5.41) is 0. The third-order valence-electron chi connectivity index (χ3n) is 3.35. The van der Waals surface area contributed by atoms with E-state index < -0.39 is 5.41 Å². The molecule has 1 aromatic carbocycles. The highest BCUT2D eigenvalue weighted by atomic mass is 16.5. The molecule has 1 rings (SSSR count). The molecule has 19 heavy (non-hydrogen) atoms. The highest BCUT2D eigenvalue weighted by Gasteiger charge is 2.37. The molecule has 0 fully saturated rings. The lowest BCUT2D eigenvalue weighted by molar-refractivity contribution is -0.155. The van der Waals surface area contributed by atoms with Gasteiger partial charge >= 0.3 is 5.97 Å². The molecule has 0 saturated heterocycles. The van der Waals surface area contributed by atoms with E-state index in [9.17, 15) is 4.79 Å². The minimum atomic E-state index is -0.624. The van der Waals surface area contributed by atoms with Crippen LogP contribution in [0.15, 0.2) is 24.3 Å². The Balaban J connectivity index is 2.95. The maximum Gasteiger partial charge on any atom is 0.313 e. The van der Waals surface area contributed by atoms with Crippen molar-refractivity contribution in [1.82, 2.24) is 0 Å². The molecular formula is C15H24N2O2. The minimum Gasteiger partial charge on any atom is -0.466 e. The third-order valence-corrected chi connectivity index (χ3v) is 3.35. The lowest BCUT2D eigenvalue weighted by atomic mass is 9.78. The number of nitrogens with two attached hydrogens (primary N) is 2. The molecule has 0 heterocycles. The van der Waals surface area contributed by atoms with Crippen molar-refractivity contribution in [3.05, 3.63) is 29.8 Å². The zero-order valence-electron chi connectivity index (χ0n) is 11.8. The van der Waals surface area contributed by atoms with Crippen LogP contribution in [0.3, 0.4) is 0 Å². The van der Waals surface area contributed by atoms with Gasteiger partial charge < -0.3 is 16.2 Å². The van der Waals surface area contributed by atoms with E-state index in [1.54, 1.807) is 0 Å². The first-order valence-corrected chi connectivity index (χ1v) is 6.79. The summed E-state index contributed by atoms with van der Waals surface area (Å²) in [7, 11) is 0. The van der Waals surface area contributed by atoms with Crippen molar-refractivity contribution in [3.8, 4) is 0 Å². The van der Waals surface area contributed by atoms with Gasteiger partial charge in [0.05, 0.1) is 12.0 Å². The van der Waals surface area contributed by atoms with Crippen LogP contribution in [0, 0.1) is 5.41 Å². The van der Waals surface area contributed by atoms with Crippen LogP contribution in [-0.4, -0.2) is 19.1 Å². The Morgan fingerprint density at radius 2 is 1.89 bits per heavy atom. The molecule has 0 amide bonds. The lowest BCUT2D eigenvalue weighted by Crippen LogP contribution is -2.42. The van der Waals surface area contributed by atoms with Gasteiger partial charge in [-0.2, -0.15) is 0 Å². The van der Waals surface area contributed by atoms with Gasteiger partial charge in [0.15, 0.2) is 0 Å². The average molecular weight is 264 g/mol. The SMILES string of the molecule is CCCC(CN)(Cc1ccc(N)cc1)C(=O)OCC. The van der Waals surface area contributed by atoms with Crippen LogP contribution in [0.1, 0.15) is 32.3 Å². The van der Waals surface area contributed by atoms with E-state index in [0.29, 0.717) is 25.3 Å². The van der Waals surface area contributed by atoms with Crippen LogP contribution in [0.4, 0.5) is 5.69 Å². The molecule has 1 unspecified atom stereocenters. The standard InChI is InChI=1S/C15H24N2O2/c1-3-9-15(11-16,14(18)19-4-2)10-12-5-7-13(17)8-6-12/h5-8H,3-4,9-11,16-17H2,1-2H3. The van der Waals surface area contributed by atoms with Crippen molar-refractivity contribution in [2.24, 2.45) is 11.1 Å². The molecule has 0 aromatic heterocycles.